The lowest BCUT2D eigenvalue weighted by atomic mass is 9.91. The summed E-state index contributed by atoms with van der Waals surface area (Å²) in [6.07, 6.45) is 2.91. The van der Waals surface area contributed by atoms with Gasteiger partial charge < -0.3 is 9.26 Å². The molecule has 2 heterocycles. The van der Waals surface area contributed by atoms with E-state index in [-0.39, 0.29) is 11.9 Å². The van der Waals surface area contributed by atoms with Crippen LogP contribution in [0.15, 0.2) is 132 Å². The molecule has 0 radical (unpaired) electrons. The van der Waals surface area contributed by atoms with E-state index >= 15 is 0 Å². The summed E-state index contributed by atoms with van der Waals surface area (Å²) < 4.78 is 39.4. The Morgan fingerprint density at radius 1 is 0.929 bits per heavy atom. The molecule has 0 aliphatic carbocycles. The maximum Gasteiger partial charge on any atom is 0.322 e. The first-order valence-electron chi connectivity index (χ1n) is 13.2. The van der Waals surface area contributed by atoms with Crippen LogP contribution < -0.4 is 0 Å². The van der Waals surface area contributed by atoms with Crippen LogP contribution >= 0.6 is 40.1 Å². The van der Waals surface area contributed by atoms with Crippen molar-refractivity contribution in [2.75, 3.05) is 6.61 Å². The number of aromatic nitrogens is 3. The molecule has 1 fully saturated rings. The number of rotatable bonds is 10. The van der Waals surface area contributed by atoms with Crippen molar-refractivity contribution in [3.63, 3.8) is 0 Å². The lowest BCUT2D eigenvalue weighted by Crippen LogP contribution is -2.19. The summed E-state index contributed by atoms with van der Waals surface area (Å²) >= 11 is 8.92. The third kappa shape index (κ3) is 7.72. The Hall–Kier alpha value is -2.91. The number of epoxide rings is 1. The second kappa shape index (κ2) is 14.0. The molecule has 11 heteroatoms. The Balaban J connectivity index is 0.000000172. The Kier molecular flexibility index (Phi) is 10.2. The van der Waals surface area contributed by atoms with Gasteiger partial charge in [0.15, 0.2) is 0 Å². The molecule has 2 atom stereocenters. The van der Waals surface area contributed by atoms with Gasteiger partial charge in [-0.25, -0.2) is 14.1 Å². The van der Waals surface area contributed by atoms with Crippen molar-refractivity contribution < 1.29 is 18.2 Å². The van der Waals surface area contributed by atoms with E-state index in [9.17, 15) is 8.96 Å². The van der Waals surface area contributed by atoms with Gasteiger partial charge in [-0.1, -0.05) is 78.3 Å². The van der Waals surface area contributed by atoms with Crippen LogP contribution in [0.25, 0.3) is 0 Å². The number of hydrogen-bond acceptors (Lipinski definition) is 7. The van der Waals surface area contributed by atoms with Crippen molar-refractivity contribution in [3.8, 4) is 0 Å². The quantitative estimate of drug-likeness (QED) is 0.111. The highest BCUT2D eigenvalue weighted by Crippen LogP contribution is 2.74. The zero-order valence-corrected chi connectivity index (χ0v) is 25.9. The van der Waals surface area contributed by atoms with Crippen LogP contribution in [0.1, 0.15) is 24.2 Å². The van der Waals surface area contributed by atoms with Crippen molar-refractivity contribution in [2.24, 2.45) is 0 Å². The Morgan fingerprint density at radius 2 is 1.52 bits per heavy atom. The van der Waals surface area contributed by atoms with Gasteiger partial charge >= 0.3 is 5.77 Å². The smallest absolute Gasteiger partial charge is 0.322 e. The predicted octanol–water partition coefficient (Wildman–Crippen LogP) is 9.45. The molecule has 0 N–H and O–H groups in total. The average molecular weight is 640 g/mol. The van der Waals surface area contributed by atoms with Gasteiger partial charge in [0.2, 0.25) is 0 Å². The topological polar surface area (TPSA) is 69.5 Å². The standard InChI is InChI=1S/C17H13ClFN3O.C14H15O2PS2/c18-15-4-2-1-3-14(15)16-17(23-16,9-22-11-20-10-21-22)12-5-7-13(19)8-6-12;1-2-16-17(15,18-13-9-5-3-6-10-13)19-14-11-7-4-8-12-14/h1-8,10-11,16H,9H2;3-12H,2H2,1H3. The predicted molar refractivity (Wildman–Crippen MR) is 167 cm³/mol. The van der Waals surface area contributed by atoms with E-state index in [1.54, 1.807) is 23.1 Å². The van der Waals surface area contributed by atoms with E-state index in [0.717, 1.165) is 20.9 Å². The summed E-state index contributed by atoms with van der Waals surface area (Å²) in [5.41, 5.74) is 1.18. The number of halogens is 2. The van der Waals surface area contributed by atoms with Crippen LogP contribution in [0.5, 0.6) is 0 Å². The molecule has 6 rings (SSSR count). The molecule has 0 amide bonds. The largest absolute Gasteiger partial charge is 0.354 e. The highest BCUT2D eigenvalue weighted by atomic mass is 35.5. The summed E-state index contributed by atoms with van der Waals surface area (Å²) in [4.78, 5) is 5.89. The molecule has 5 aromatic rings. The van der Waals surface area contributed by atoms with Crippen molar-refractivity contribution in [2.45, 2.75) is 35.0 Å². The van der Waals surface area contributed by atoms with Gasteiger partial charge in [-0.05, 0) is 77.7 Å². The molecule has 1 aromatic heterocycles. The number of ether oxygens (including phenoxy) is 1. The molecular weight excluding hydrogens is 612 g/mol. The number of benzene rings is 4. The van der Waals surface area contributed by atoms with Gasteiger partial charge in [-0.15, -0.1) is 0 Å². The summed E-state index contributed by atoms with van der Waals surface area (Å²) in [7, 11) is 0. The third-order valence-electron chi connectivity index (χ3n) is 6.29. The molecule has 1 saturated heterocycles. The molecule has 42 heavy (non-hydrogen) atoms. The molecule has 4 aromatic carbocycles. The van der Waals surface area contributed by atoms with E-state index in [1.807, 2.05) is 91.9 Å². The highest BCUT2D eigenvalue weighted by Gasteiger charge is 2.59. The van der Waals surface area contributed by atoms with Gasteiger partial charge in [0.25, 0.3) is 0 Å². The van der Waals surface area contributed by atoms with Crippen LogP contribution in [-0.2, 0) is 26.0 Å². The highest BCUT2D eigenvalue weighted by molar-refractivity contribution is 8.89. The summed E-state index contributed by atoms with van der Waals surface area (Å²) in [5, 5.41) is 4.81. The van der Waals surface area contributed by atoms with Crippen LogP contribution in [-0.4, -0.2) is 21.4 Å². The molecule has 216 valence electrons. The Labute approximate surface area is 257 Å². The van der Waals surface area contributed by atoms with E-state index in [2.05, 4.69) is 10.1 Å². The van der Waals surface area contributed by atoms with Crippen molar-refractivity contribution in [1.82, 2.24) is 14.8 Å². The normalized spacial score (nSPS) is 17.7. The molecule has 0 saturated carbocycles. The lowest BCUT2D eigenvalue weighted by Gasteiger charge is -2.16. The average Bonchev–Trinajstić information content (AvgIpc) is 3.46. The first-order chi connectivity index (χ1) is 20.4. The fourth-order valence-corrected chi connectivity index (χ4v) is 11.3. The molecule has 2 unspecified atom stereocenters. The van der Waals surface area contributed by atoms with Gasteiger partial charge in [0.1, 0.15) is 30.2 Å². The Morgan fingerprint density at radius 3 is 2.07 bits per heavy atom. The lowest BCUT2D eigenvalue weighted by molar-refractivity contribution is 0.262. The fraction of sp³-hybridized carbons (Fsp3) is 0.161. The third-order valence-corrected chi connectivity index (χ3v) is 13.2. The fourth-order valence-electron chi connectivity index (χ4n) is 4.35. The van der Waals surface area contributed by atoms with E-state index in [1.165, 1.54) is 41.2 Å². The van der Waals surface area contributed by atoms with Crippen LogP contribution in [0, 0.1) is 5.82 Å². The summed E-state index contributed by atoms with van der Waals surface area (Å²) in [6.45, 7) is 2.79. The maximum absolute atomic E-state index is 13.3. The molecule has 1 aliphatic rings. The SMILES string of the molecule is CCOP(=O)(Sc1ccccc1)Sc1ccccc1.Fc1ccc(C2(Cn3cncn3)OC2c2ccccc2Cl)cc1. The second-order valence-electron chi connectivity index (χ2n) is 9.18. The molecule has 6 nitrogen and oxygen atoms in total. The number of hydrogen-bond donors (Lipinski definition) is 0. The zero-order chi connectivity index (χ0) is 29.4. The minimum absolute atomic E-state index is 0.203. The molecule has 0 bridgehead atoms. The zero-order valence-electron chi connectivity index (χ0n) is 22.6. The van der Waals surface area contributed by atoms with Crippen LogP contribution in [0.4, 0.5) is 4.39 Å². The van der Waals surface area contributed by atoms with Crippen molar-refractivity contribution in [1.29, 1.82) is 0 Å². The summed E-state index contributed by atoms with van der Waals surface area (Å²) in [5.74, 6) is -3.11. The van der Waals surface area contributed by atoms with E-state index < -0.39 is 11.4 Å². The first kappa shape index (κ1) is 30.5. The number of nitrogens with zero attached hydrogens (tertiary/aromatic N) is 3. The van der Waals surface area contributed by atoms with E-state index in [0.29, 0.717) is 18.2 Å². The molecule has 0 spiro atoms. The molecule has 1 aliphatic heterocycles. The van der Waals surface area contributed by atoms with Gasteiger partial charge in [0.05, 0.1) is 13.2 Å². The van der Waals surface area contributed by atoms with Gasteiger partial charge in [0, 0.05) is 20.4 Å². The van der Waals surface area contributed by atoms with Crippen LogP contribution in [0.3, 0.4) is 0 Å². The van der Waals surface area contributed by atoms with Crippen molar-refractivity contribution >= 4 is 40.1 Å². The maximum atomic E-state index is 13.3. The second-order valence-corrected chi connectivity index (χ2v) is 16.7. The first-order valence-corrected chi connectivity index (χ1v) is 18.0. The monoisotopic (exact) mass is 639 g/mol. The van der Waals surface area contributed by atoms with Gasteiger partial charge in [-0.2, -0.15) is 5.10 Å². The minimum atomic E-state index is -2.83. The minimum Gasteiger partial charge on any atom is -0.354 e. The van der Waals surface area contributed by atoms with Crippen molar-refractivity contribution in [3.05, 3.63) is 144 Å². The van der Waals surface area contributed by atoms with Gasteiger partial charge in [-0.3, -0.25) is 4.57 Å². The molecular formula is C31H28ClFN3O3PS2. The van der Waals surface area contributed by atoms with E-state index in [4.69, 9.17) is 20.9 Å². The summed E-state index contributed by atoms with van der Waals surface area (Å²) in [6, 6.07) is 33.4. The Bertz CT molecular complexity index is 1570. The van der Waals surface area contributed by atoms with Crippen LogP contribution in [0.2, 0.25) is 5.02 Å².